The summed E-state index contributed by atoms with van der Waals surface area (Å²) in [6.07, 6.45) is 31.0. The van der Waals surface area contributed by atoms with Gasteiger partial charge in [-0.15, -0.1) is 0 Å². The van der Waals surface area contributed by atoms with Crippen LogP contribution in [0.3, 0.4) is 0 Å². The number of rotatable bonds is 15. The summed E-state index contributed by atoms with van der Waals surface area (Å²) in [7, 11) is -3.58. The van der Waals surface area contributed by atoms with Crippen molar-refractivity contribution in [2.75, 3.05) is 6.26 Å². The first kappa shape index (κ1) is 25.9. The van der Waals surface area contributed by atoms with Gasteiger partial charge in [-0.2, -0.15) is 0 Å². The van der Waals surface area contributed by atoms with Gasteiger partial charge in [0.05, 0.1) is 0 Å². The van der Waals surface area contributed by atoms with Gasteiger partial charge in [0, 0.05) is 6.26 Å². The minimum absolute atomic E-state index is 0.00112. The minimum Gasteiger partial charge on any atom is -0.480 e. The van der Waals surface area contributed by atoms with Crippen LogP contribution in [-0.4, -0.2) is 31.0 Å². The SMILES string of the molecule is CCC=CCC=CCC=CCC=CCC=CCC=CCC(C(=O)O)S(C)(=O)=O. The fourth-order valence-corrected chi connectivity index (χ4v) is 3.03. The van der Waals surface area contributed by atoms with E-state index < -0.39 is 21.1 Å². The molecule has 0 aromatic carbocycles. The molecule has 0 amide bonds. The van der Waals surface area contributed by atoms with Gasteiger partial charge < -0.3 is 5.11 Å². The van der Waals surface area contributed by atoms with Crippen LogP contribution in [0.25, 0.3) is 0 Å². The topological polar surface area (TPSA) is 71.4 Å². The van der Waals surface area contributed by atoms with Gasteiger partial charge in [0.2, 0.25) is 0 Å². The Morgan fingerprint density at radius 1 is 0.714 bits per heavy atom. The quantitative estimate of drug-likeness (QED) is 0.361. The molecule has 5 heteroatoms. The lowest BCUT2D eigenvalue weighted by Gasteiger charge is -2.06. The molecular weight excluding hydrogens is 372 g/mol. The Labute approximate surface area is 170 Å². The zero-order chi connectivity index (χ0) is 21.1. The molecule has 0 heterocycles. The third-order valence-corrected chi connectivity index (χ3v) is 5.17. The second kappa shape index (κ2) is 17.0. The first-order valence-electron chi connectivity index (χ1n) is 9.71. The Bertz CT molecular complexity index is 692. The van der Waals surface area contributed by atoms with Crippen LogP contribution in [0.1, 0.15) is 51.9 Å². The van der Waals surface area contributed by atoms with Gasteiger partial charge in [0.25, 0.3) is 0 Å². The summed E-state index contributed by atoms with van der Waals surface area (Å²) in [6, 6.07) is 0. The van der Waals surface area contributed by atoms with E-state index in [1.807, 2.05) is 12.2 Å². The molecule has 0 radical (unpaired) electrons. The zero-order valence-electron chi connectivity index (χ0n) is 17.0. The summed E-state index contributed by atoms with van der Waals surface area (Å²) in [5.74, 6) is -1.30. The van der Waals surface area contributed by atoms with Gasteiger partial charge in [-0.05, 0) is 44.9 Å². The summed E-state index contributed by atoms with van der Waals surface area (Å²) in [5, 5.41) is 7.54. The standard InChI is InChI=1S/C23H34O4S/c1-3-4-5-6-7-8-9-10-11-12-13-14-15-16-17-18-19-20-21-22(23(24)25)28(2,26)27/h4-5,7-8,10-11,13-14,16-17,19-20,22H,3,6,9,12,15,18,21H2,1-2H3,(H,24,25). The van der Waals surface area contributed by atoms with Gasteiger partial charge in [0.1, 0.15) is 0 Å². The Morgan fingerprint density at radius 2 is 1.04 bits per heavy atom. The second-order valence-corrected chi connectivity index (χ2v) is 8.54. The normalized spacial score (nSPS) is 14.6. The molecule has 0 aromatic heterocycles. The average Bonchev–Trinajstić information content (AvgIpc) is 2.62. The van der Waals surface area contributed by atoms with Crippen LogP contribution in [0.5, 0.6) is 0 Å². The molecule has 0 aromatic rings. The highest BCUT2D eigenvalue weighted by Crippen LogP contribution is 2.06. The number of hydrogen-bond donors (Lipinski definition) is 1. The number of carbonyl (C=O) groups is 1. The van der Waals surface area contributed by atoms with Crippen LogP contribution in [0.4, 0.5) is 0 Å². The van der Waals surface area contributed by atoms with Crippen molar-refractivity contribution in [1.82, 2.24) is 0 Å². The maximum Gasteiger partial charge on any atom is 0.322 e. The first-order valence-corrected chi connectivity index (χ1v) is 11.7. The Hall–Kier alpha value is -2.14. The predicted octanol–water partition coefficient (Wildman–Crippen LogP) is 5.57. The van der Waals surface area contributed by atoms with Gasteiger partial charge in [-0.25, -0.2) is 8.42 Å². The number of carboxylic acids is 1. The molecule has 4 nitrogen and oxygen atoms in total. The Kier molecular flexibility index (Phi) is 15.7. The number of aliphatic carboxylic acids is 1. The van der Waals surface area contributed by atoms with E-state index in [1.54, 1.807) is 12.2 Å². The van der Waals surface area contributed by atoms with E-state index in [1.165, 1.54) is 0 Å². The van der Waals surface area contributed by atoms with E-state index in [4.69, 9.17) is 5.11 Å². The number of sulfone groups is 1. The number of hydrogen-bond acceptors (Lipinski definition) is 3. The van der Waals surface area contributed by atoms with E-state index in [9.17, 15) is 13.2 Å². The van der Waals surface area contributed by atoms with E-state index in [-0.39, 0.29) is 6.42 Å². The Balaban J connectivity index is 3.85. The van der Waals surface area contributed by atoms with Crippen LogP contribution >= 0.6 is 0 Å². The van der Waals surface area contributed by atoms with E-state index in [0.717, 1.165) is 38.4 Å². The minimum atomic E-state index is -3.58. The molecule has 0 aliphatic rings. The lowest BCUT2D eigenvalue weighted by molar-refractivity contribution is -0.136. The maximum absolute atomic E-state index is 11.3. The molecule has 1 unspecified atom stereocenters. The van der Waals surface area contributed by atoms with Gasteiger partial charge >= 0.3 is 5.97 Å². The van der Waals surface area contributed by atoms with E-state index >= 15 is 0 Å². The van der Waals surface area contributed by atoms with Crippen LogP contribution in [0.15, 0.2) is 72.9 Å². The fraction of sp³-hybridized carbons (Fsp3) is 0.435. The van der Waals surface area contributed by atoms with Gasteiger partial charge in [0.15, 0.2) is 15.1 Å². The Morgan fingerprint density at radius 3 is 1.32 bits per heavy atom. The summed E-state index contributed by atoms with van der Waals surface area (Å²) in [4.78, 5) is 10.9. The van der Waals surface area contributed by atoms with Crippen molar-refractivity contribution in [2.24, 2.45) is 0 Å². The highest BCUT2D eigenvalue weighted by molar-refractivity contribution is 7.92. The summed E-state index contributed by atoms with van der Waals surface area (Å²) in [5.41, 5.74) is 0. The smallest absolute Gasteiger partial charge is 0.322 e. The third kappa shape index (κ3) is 16.1. The summed E-state index contributed by atoms with van der Waals surface area (Å²) >= 11 is 0. The number of carboxylic acid groups (broad SMARTS) is 1. The fourth-order valence-electron chi connectivity index (χ4n) is 2.20. The molecule has 0 rings (SSSR count). The first-order chi connectivity index (χ1) is 13.4. The summed E-state index contributed by atoms with van der Waals surface area (Å²) in [6.45, 7) is 2.13. The second-order valence-electron chi connectivity index (χ2n) is 6.31. The molecular formula is C23H34O4S. The molecule has 1 atom stereocenters. The largest absolute Gasteiger partial charge is 0.480 e. The highest BCUT2D eigenvalue weighted by Gasteiger charge is 2.26. The monoisotopic (exact) mass is 406 g/mol. The van der Waals surface area contributed by atoms with Crippen LogP contribution in [0, 0.1) is 0 Å². The third-order valence-electron chi connectivity index (χ3n) is 3.74. The maximum atomic E-state index is 11.3. The van der Waals surface area contributed by atoms with Gasteiger partial charge in [-0.3, -0.25) is 4.79 Å². The van der Waals surface area contributed by atoms with Crippen molar-refractivity contribution in [3.05, 3.63) is 72.9 Å². The zero-order valence-corrected chi connectivity index (χ0v) is 17.9. The molecule has 0 bridgehead atoms. The molecule has 0 fully saturated rings. The van der Waals surface area contributed by atoms with Crippen molar-refractivity contribution >= 4 is 15.8 Å². The van der Waals surface area contributed by atoms with E-state index in [0.29, 0.717) is 6.42 Å². The molecule has 156 valence electrons. The average molecular weight is 407 g/mol. The lowest BCUT2D eigenvalue weighted by Crippen LogP contribution is -2.28. The van der Waals surface area contributed by atoms with Crippen LogP contribution < -0.4 is 0 Å². The molecule has 0 aliphatic heterocycles. The molecule has 0 aliphatic carbocycles. The van der Waals surface area contributed by atoms with Crippen molar-refractivity contribution in [2.45, 2.75) is 57.1 Å². The highest BCUT2D eigenvalue weighted by atomic mass is 32.2. The van der Waals surface area contributed by atoms with Crippen molar-refractivity contribution in [3.63, 3.8) is 0 Å². The predicted molar refractivity (Wildman–Crippen MR) is 119 cm³/mol. The lowest BCUT2D eigenvalue weighted by atomic mass is 10.2. The van der Waals surface area contributed by atoms with E-state index in [2.05, 4.69) is 55.5 Å². The van der Waals surface area contributed by atoms with Crippen molar-refractivity contribution in [3.8, 4) is 0 Å². The molecule has 28 heavy (non-hydrogen) atoms. The van der Waals surface area contributed by atoms with Gasteiger partial charge in [-0.1, -0.05) is 79.8 Å². The van der Waals surface area contributed by atoms with Crippen LogP contribution in [0.2, 0.25) is 0 Å². The molecule has 1 N–H and O–H groups in total. The summed E-state index contributed by atoms with van der Waals surface area (Å²) < 4.78 is 22.7. The van der Waals surface area contributed by atoms with Crippen LogP contribution in [-0.2, 0) is 14.6 Å². The number of allylic oxidation sites excluding steroid dienone is 12. The molecule has 0 spiro atoms. The van der Waals surface area contributed by atoms with Crippen molar-refractivity contribution < 1.29 is 18.3 Å². The van der Waals surface area contributed by atoms with Crippen molar-refractivity contribution in [1.29, 1.82) is 0 Å². The molecule has 0 saturated heterocycles. The molecule has 0 saturated carbocycles.